The van der Waals surface area contributed by atoms with Gasteiger partial charge in [-0.2, -0.15) is 17.7 Å². The van der Waals surface area contributed by atoms with Crippen molar-refractivity contribution in [1.82, 2.24) is 19.6 Å². The molecule has 0 saturated carbocycles. The van der Waals surface area contributed by atoms with Gasteiger partial charge in [-0.1, -0.05) is 11.6 Å². The molecule has 0 fully saturated rings. The first-order valence-electron chi connectivity index (χ1n) is 9.87. The molecule has 4 N–H and O–H groups in total. The molecule has 4 rings (SSSR count). The number of hydrogen-bond acceptors (Lipinski definition) is 7. The average molecular weight is 499 g/mol. The van der Waals surface area contributed by atoms with Crippen molar-refractivity contribution in [2.24, 2.45) is 0 Å². The number of carboxylic acids is 1. The molecule has 10 nitrogen and oxygen atoms in total. The van der Waals surface area contributed by atoms with E-state index in [4.69, 9.17) is 25.9 Å². The Kier molecular flexibility index (Phi) is 7.68. The topological polar surface area (TPSA) is 153 Å². The number of hydrogen-bond donors (Lipinski definition) is 2. The number of halogens is 4. The largest absolute Gasteiger partial charge is 0.542 e. The minimum absolute atomic E-state index is 0.124. The van der Waals surface area contributed by atoms with Gasteiger partial charge in [-0.05, 0) is 43.2 Å². The lowest BCUT2D eigenvalue weighted by Gasteiger charge is -2.08. The van der Waals surface area contributed by atoms with E-state index in [1.54, 1.807) is 36.6 Å². The maximum absolute atomic E-state index is 12.3. The lowest BCUT2D eigenvalue weighted by molar-refractivity contribution is -0.368. The SMILES string of the molecule is O=C([O-])C(F)(F)F.[NH3+]CCCCC(=O)Nc1nc2ccc(Cl)cc2c2nc(-c3ccco3)nn12. The Morgan fingerprint density at radius 1 is 1.21 bits per heavy atom. The number of carboxylic acid groups (broad SMARTS) is 1. The number of nitrogens with one attached hydrogen (secondary N) is 1. The summed E-state index contributed by atoms with van der Waals surface area (Å²) in [6.45, 7) is 0.808. The van der Waals surface area contributed by atoms with Gasteiger partial charge in [-0.25, -0.2) is 9.97 Å². The van der Waals surface area contributed by atoms with Crippen LogP contribution in [0.2, 0.25) is 5.02 Å². The average Bonchev–Trinajstić information content (AvgIpc) is 3.44. The Balaban J connectivity index is 0.000000406. The number of unbranched alkanes of at least 4 members (excludes halogenated alkanes) is 1. The molecule has 0 bridgehead atoms. The van der Waals surface area contributed by atoms with E-state index in [0.717, 1.165) is 24.8 Å². The molecule has 0 unspecified atom stereocenters. The number of aliphatic carboxylic acids is 1. The highest BCUT2D eigenvalue weighted by Gasteiger charge is 2.28. The van der Waals surface area contributed by atoms with Crippen LogP contribution in [-0.2, 0) is 9.59 Å². The number of carbonyl (C=O) groups excluding carboxylic acids is 2. The van der Waals surface area contributed by atoms with Crippen LogP contribution in [0.3, 0.4) is 0 Å². The summed E-state index contributed by atoms with van der Waals surface area (Å²) in [7, 11) is 0. The Hall–Kier alpha value is -3.71. The molecule has 1 amide bonds. The highest BCUT2D eigenvalue weighted by atomic mass is 35.5. The number of quaternary nitrogens is 1. The lowest BCUT2D eigenvalue weighted by Crippen LogP contribution is -2.50. The van der Waals surface area contributed by atoms with E-state index in [2.05, 4.69) is 26.1 Å². The number of amides is 1. The van der Waals surface area contributed by atoms with Crippen molar-refractivity contribution in [3.63, 3.8) is 0 Å². The molecule has 0 saturated heterocycles. The molecule has 1 aromatic carbocycles. The fraction of sp³-hybridized carbons (Fsp3) is 0.250. The third kappa shape index (κ3) is 5.99. The first kappa shape index (κ1) is 24.9. The van der Waals surface area contributed by atoms with E-state index in [9.17, 15) is 18.0 Å². The van der Waals surface area contributed by atoms with Crippen molar-refractivity contribution in [2.45, 2.75) is 25.4 Å². The smallest absolute Gasteiger partial charge is 0.430 e. The second kappa shape index (κ2) is 10.5. The van der Waals surface area contributed by atoms with Crippen LogP contribution in [0.25, 0.3) is 28.1 Å². The van der Waals surface area contributed by atoms with Crippen LogP contribution in [0, 0.1) is 0 Å². The maximum Gasteiger partial charge on any atom is 0.430 e. The normalized spacial score (nSPS) is 11.3. The fourth-order valence-corrected chi connectivity index (χ4v) is 2.99. The highest BCUT2D eigenvalue weighted by molar-refractivity contribution is 6.31. The lowest BCUT2D eigenvalue weighted by atomic mass is 10.2. The van der Waals surface area contributed by atoms with E-state index < -0.39 is 12.1 Å². The molecule has 0 radical (unpaired) electrons. The monoisotopic (exact) mass is 498 g/mol. The molecule has 0 spiro atoms. The second-order valence-electron chi connectivity index (χ2n) is 6.89. The van der Waals surface area contributed by atoms with E-state index in [-0.39, 0.29) is 5.91 Å². The quantitative estimate of drug-likeness (QED) is 0.384. The van der Waals surface area contributed by atoms with Gasteiger partial charge in [-0.3, -0.25) is 10.1 Å². The van der Waals surface area contributed by atoms with Gasteiger partial charge < -0.3 is 20.1 Å². The number of rotatable bonds is 6. The molecule has 0 atom stereocenters. The molecule has 0 aliphatic heterocycles. The second-order valence-corrected chi connectivity index (χ2v) is 7.33. The molecular formula is C20H18ClF3N6O4. The summed E-state index contributed by atoms with van der Waals surface area (Å²) >= 11 is 6.14. The van der Waals surface area contributed by atoms with Crippen molar-refractivity contribution in [2.75, 3.05) is 11.9 Å². The molecule has 14 heteroatoms. The van der Waals surface area contributed by atoms with Crippen LogP contribution in [0.15, 0.2) is 41.0 Å². The van der Waals surface area contributed by atoms with Crippen LogP contribution in [0.5, 0.6) is 0 Å². The predicted octanol–water partition coefficient (Wildman–Crippen LogP) is 1.84. The number of nitrogens with zero attached hydrogens (tertiary/aromatic N) is 4. The number of alkyl halides is 3. The molecular weight excluding hydrogens is 481 g/mol. The summed E-state index contributed by atoms with van der Waals surface area (Å²) in [6, 6.07) is 8.85. The summed E-state index contributed by atoms with van der Waals surface area (Å²) in [5.74, 6) is -1.89. The summed E-state index contributed by atoms with van der Waals surface area (Å²) in [5.41, 5.74) is 5.00. The van der Waals surface area contributed by atoms with Crippen LogP contribution >= 0.6 is 11.6 Å². The van der Waals surface area contributed by atoms with Crippen LogP contribution in [0.1, 0.15) is 19.3 Å². The predicted molar refractivity (Wildman–Crippen MR) is 112 cm³/mol. The first-order chi connectivity index (χ1) is 16.1. The van der Waals surface area contributed by atoms with Crippen LogP contribution in [0.4, 0.5) is 19.1 Å². The number of benzene rings is 1. The molecule has 4 aromatic rings. The van der Waals surface area contributed by atoms with Gasteiger partial charge in [0.05, 0.1) is 18.3 Å². The van der Waals surface area contributed by atoms with Gasteiger partial charge in [-0.15, -0.1) is 5.10 Å². The Bertz CT molecular complexity index is 1310. The van der Waals surface area contributed by atoms with E-state index >= 15 is 0 Å². The third-order valence-electron chi connectivity index (χ3n) is 4.36. The molecule has 3 aromatic heterocycles. The van der Waals surface area contributed by atoms with E-state index in [0.29, 0.717) is 40.1 Å². The maximum atomic E-state index is 12.3. The number of fused-ring (bicyclic) bond motifs is 3. The minimum atomic E-state index is -5.19. The fourth-order valence-electron chi connectivity index (χ4n) is 2.82. The Morgan fingerprint density at radius 2 is 1.94 bits per heavy atom. The number of anilines is 1. The van der Waals surface area contributed by atoms with Crippen LogP contribution < -0.4 is 16.2 Å². The zero-order chi connectivity index (χ0) is 24.9. The van der Waals surface area contributed by atoms with Crippen molar-refractivity contribution < 1.29 is 38.0 Å². The van der Waals surface area contributed by atoms with Gasteiger partial charge >= 0.3 is 6.18 Å². The Labute approximate surface area is 194 Å². The minimum Gasteiger partial charge on any atom is -0.542 e. The van der Waals surface area contributed by atoms with Crippen molar-refractivity contribution in [3.8, 4) is 11.6 Å². The molecule has 34 heavy (non-hydrogen) atoms. The number of carbonyl (C=O) groups is 2. The highest BCUT2D eigenvalue weighted by Crippen LogP contribution is 2.26. The number of furan rings is 1. The summed E-state index contributed by atoms with van der Waals surface area (Å²) in [6.07, 6.45) is -1.56. The summed E-state index contributed by atoms with van der Waals surface area (Å²) in [5, 5.41) is 17.4. The zero-order valence-electron chi connectivity index (χ0n) is 17.4. The molecule has 180 valence electrons. The molecule has 3 heterocycles. The molecule has 0 aliphatic carbocycles. The van der Waals surface area contributed by atoms with Crippen molar-refractivity contribution in [3.05, 3.63) is 41.6 Å². The molecule has 0 aliphatic rings. The van der Waals surface area contributed by atoms with Gasteiger partial charge in [0.2, 0.25) is 17.7 Å². The Morgan fingerprint density at radius 3 is 2.56 bits per heavy atom. The summed E-state index contributed by atoms with van der Waals surface area (Å²) < 4.78 is 38.5. The van der Waals surface area contributed by atoms with E-state index in [1.165, 1.54) is 4.52 Å². The van der Waals surface area contributed by atoms with Gasteiger partial charge in [0.15, 0.2) is 11.4 Å². The third-order valence-corrected chi connectivity index (χ3v) is 4.60. The van der Waals surface area contributed by atoms with Gasteiger partial charge in [0, 0.05) is 16.8 Å². The van der Waals surface area contributed by atoms with Gasteiger partial charge in [0.1, 0.15) is 5.97 Å². The van der Waals surface area contributed by atoms with Crippen molar-refractivity contribution >= 4 is 46.0 Å². The standard InChI is InChI=1S/C18H17ClN6O2.C2HF3O2/c19-11-6-7-13-12(10-11)17-23-16(14-4-3-9-27-14)24-25(17)18(21-13)22-15(26)5-1-2-8-20;3-2(4,5)1(6)7/h3-4,6-7,9-10H,1-2,5,8,20H2,(H,21,22,26);(H,6,7). The van der Waals surface area contributed by atoms with Crippen LogP contribution in [-0.4, -0.2) is 44.2 Å². The van der Waals surface area contributed by atoms with E-state index in [1.807, 2.05) is 0 Å². The van der Waals surface area contributed by atoms with Crippen molar-refractivity contribution in [1.29, 1.82) is 0 Å². The summed E-state index contributed by atoms with van der Waals surface area (Å²) in [4.78, 5) is 30.2. The first-order valence-corrected chi connectivity index (χ1v) is 10.2. The zero-order valence-corrected chi connectivity index (χ0v) is 18.2. The van der Waals surface area contributed by atoms with Gasteiger partial charge in [0.25, 0.3) is 0 Å². The number of aromatic nitrogens is 4.